The third kappa shape index (κ3) is 4.12. The number of aromatic nitrogens is 1. The standard InChI is InChI=1S/C13H8ClF3N2OS/c14-9-1-3-10(4-2-9)21-12-5-8(13(15,16)17)6-18-11(12)7-19-20/h1-7,20H/b19-7+. The molecular formula is C13H8ClF3N2OS. The van der Waals surface area contributed by atoms with Crippen LogP contribution in [0.25, 0.3) is 0 Å². The first-order valence-electron chi connectivity index (χ1n) is 5.58. The van der Waals surface area contributed by atoms with Gasteiger partial charge >= 0.3 is 6.18 Å². The Morgan fingerprint density at radius 1 is 1.24 bits per heavy atom. The van der Waals surface area contributed by atoms with Crippen molar-refractivity contribution in [1.82, 2.24) is 4.98 Å². The largest absolute Gasteiger partial charge is 0.417 e. The van der Waals surface area contributed by atoms with Crippen LogP contribution in [0.15, 0.2) is 51.5 Å². The molecule has 0 spiro atoms. The van der Waals surface area contributed by atoms with Crippen molar-refractivity contribution in [1.29, 1.82) is 0 Å². The Balaban J connectivity index is 2.41. The van der Waals surface area contributed by atoms with Crippen LogP contribution in [0.3, 0.4) is 0 Å². The minimum Gasteiger partial charge on any atom is -0.411 e. The van der Waals surface area contributed by atoms with E-state index in [-0.39, 0.29) is 10.6 Å². The molecule has 0 bridgehead atoms. The van der Waals surface area contributed by atoms with Crippen molar-refractivity contribution < 1.29 is 18.4 Å². The second-order valence-electron chi connectivity index (χ2n) is 3.91. The summed E-state index contributed by atoms with van der Waals surface area (Å²) in [6.45, 7) is 0. The van der Waals surface area contributed by atoms with Crippen molar-refractivity contribution in [2.75, 3.05) is 0 Å². The van der Waals surface area contributed by atoms with E-state index in [1.807, 2.05) is 0 Å². The molecule has 1 N–H and O–H groups in total. The zero-order valence-electron chi connectivity index (χ0n) is 10.3. The molecule has 0 unspecified atom stereocenters. The average molecular weight is 333 g/mol. The minimum atomic E-state index is -4.49. The quantitative estimate of drug-likeness (QED) is 0.503. The molecule has 0 amide bonds. The molecule has 3 nitrogen and oxygen atoms in total. The first-order chi connectivity index (χ1) is 9.90. The number of oxime groups is 1. The Morgan fingerprint density at radius 3 is 2.48 bits per heavy atom. The van der Waals surface area contributed by atoms with Gasteiger partial charge in [0.1, 0.15) is 0 Å². The molecule has 1 heterocycles. The van der Waals surface area contributed by atoms with E-state index in [0.717, 1.165) is 24.0 Å². The normalized spacial score (nSPS) is 12.0. The van der Waals surface area contributed by atoms with Crippen molar-refractivity contribution in [3.05, 3.63) is 52.8 Å². The van der Waals surface area contributed by atoms with E-state index in [1.54, 1.807) is 24.3 Å². The van der Waals surface area contributed by atoms with Crippen molar-refractivity contribution in [2.24, 2.45) is 5.16 Å². The Hall–Kier alpha value is -1.73. The maximum absolute atomic E-state index is 12.7. The third-order valence-corrected chi connectivity index (χ3v) is 3.74. The van der Waals surface area contributed by atoms with Gasteiger partial charge in [-0.3, -0.25) is 4.98 Å². The van der Waals surface area contributed by atoms with Crippen molar-refractivity contribution in [3.8, 4) is 0 Å². The summed E-state index contributed by atoms with van der Waals surface area (Å²) in [6, 6.07) is 7.57. The summed E-state index contributed by atoms with van der Waals surface area (Å²) in [5.74, 6) is 0. The van der Waals surface area contributed by atoms with E-state index in [1.165, 1.54) is 0 Å². The fourth-order valence-electron chi connectivity index (χ4n) is 1.47. The molecule has 1 aromatic carbocycles. The summed E-state index contributed by atoms with van der Waals surface area (Å²) in [7, 11) is 0. The van der Waals surface area contributed by atoms with Crippen LogP contribution >= 0.6 is 23.4 Å². The highest BCUT2D eigenvalue weighted by atomic mass is 35.5. The maximum atomic E-state index is 12.7. The topological polar surface area (TPSA) is 45.5 Å². The van der Waals surface area contributed by atoms with Crippen LogP contribution in [-0.4, -0.2) is 16.4 Å². The van der Waals surface area contributed by atoms with Crippen LogP contribution in [0.5, 0.6) is 0 Å². The molecule has 2 aromatic rings. The lowest BCUT2D eigenvalue weighted by atomic mass is 10.2. The number of nitrogens with zero attached hydrogens (tertiary/aromatic N) is 2. The maximum Gasteiger partial charge on any atom is 0.417 e. The van der Waals surface area contributed by atoms with Gasteiger partial charge < -0.3 is 5.21 Å². The van der Waals surface area contributed by atoms with E-state index in [2.05, 4.69) is 10.1 Å². The predicted octanol–water partition coefficient (Wildman–Crippen LogP) is 4.71. The molecule has 0 fully saturated rings. The third-order valence-electron chi connectivity index (χ3n) is 2.43. The van der Waals surface area contributed by atoms with Gasteiger partial charge in [0.15, 0.2) is 0 Å². The lowest BCUT2D eigenvalue weighted by Gasteiger charge is -2.10. The first-order valence-corrected chi connectivity index (χ1v) is 6.77. The fourth-order valence-corrected chi connectivity index (χ4v) is 2.52. The monoisotopic (exact) mass is 332 g/mol. The number of benzene rings is 1. The van der Waals surface area contributed by atoms with Gasteiger partial charge in [-0.2, -0.15) is 13.2 Å². The summed E-state index contributed by atoms with van der Waals surface area (Å²) in [5, 5.41) is 11.9. The Morgan fingerprint density at radius 2 is 1.90 bits per heavy atom. The molecule has 0 radical (unpaired) electrons. The molecule has 21 heavy (non-hydrogen) atoms. The Labute approximate surface area is 127 Å². The van der Waals surface area contributed by atoms with Crippen molar-refractivity contribution >= 4 is 29.6 Å². The van der Waals surface area contributed by atoms with Gasteiger partial charge in [0.05, 0.1) is 17.5 Å². The Kier molecular flexibility index (Phi) is 4.74. The average Bonchev–Trinajstić information content (AvgIpc) is 2.42. The van der Waals surface area contributed by atoms with Crippen LogP contribution in [0.4, 0.5) is 13.2 Å². The summed E-state index contributed by atoms with van der Waals surface area (Å²) in [6.07, 6.45) is -2.81. The smallest absolute Gasteiger partial charge is 0.411 e. The van der Waals surface area contributed by atoms with Crippen LogP contribution in [0.2, 0.25) is 5.02 Å². The van der Waals surface area contributed by atoms with Crippen LogP contribution < -0.4 is 0 Å². The van der Waals surface area contributed by atoms with Crippen LogP contribution in [0.1, 0.15) is 11.3 Å². The summed E-state index contributed by atoms with van der Waals surface area (Å²) < 4.78 is 38.2. The molecule has 8 heteroatoms. The summed E-state index contributed by atoms with van der Waals surface area (Å²) >= 11 is 6.83. The number of hydrogen-bond donors (Lipinski definition) is 1. The second-order valence-corrected chi connectivity index (χ2v) is 5.46. The van der Waals surface area contributed by atoms with Gasteiger partial charge in [-0.15, -0.1) is 0 Å². The number of rotatable bonds is 3. The molecule has 2 rings (SSSR count). The lowest BCUT2D eigenvalue weighted by molar-refractivity contribution is -0.138. The second kappa shape index (κ2) is 6.36. The number of alkyl halides is 3. The molecule has 110 valence electrons. The van der Waals surface area contributed by atoms with Gasteiger partial charge in [-0.25, -0.2) is 0 Å². The summed E-state index contributed by atoms with van der Waals surface area (Å²) in [4.78, 5) is 4.59. The molecule has 1 aromatic heterocycles. The number of pyridine rings is 1. The first kappa shape index (κ1) is 15.7. The van der Waals surface area contributed by atoms with E-state index in [0.29, 0.717) is 16.1 Å². The molecule has 0 aliphatic carbocycles. The van der Waals surface area contributed by atoms with E-state index in [9.17, 15) is 13.2 Å². The van der Waals surface area contributed by atoms with Crippen LogP contribution in [0, 0.1) is 0 Å². The fraction of sp³-hybridized carbons (Fsp3) is 0.0769. The molecule has 0 aliphatic heterocycles. The molecular weight excluding hydrogens is 325 g/mol. The predicted molar refractivity (Wildman–Crippen MR) is 74.2 cm³/mol. The van der Waals surface area contributed by atoms with Gasteiger partial charge in [-0.05, 0) is 30.3 Å². The van der Waals surface area contributed by atoms with Gasteiger partial charge in [-0.1, -0.05) is 28.5 Å². The lowest BCUT2D eigenvalue weighted by Crippen LogP contribution is -2.07. The SMILES string of the molecule is O/N=C/c1ncc(C(F)(F)F)cc1Sc1ccc(Cl)cc1. The molecule has 0 saturated heterocycles. The van der Waals surface area contributed by atoms with E-state index >= 15 is 0 Å². The van der Waals surface area contributed by atoms with E-state index in [4.69, 9.17) is 16.8 Å². The summed E-state index contributed by atoms with van der Waals surface area (Å²) in [5.41, 5.74) is -0.723. The minimum absolute atomic E-state index is 0.144. The van der Waals surface area contributed by atoms with Gasteiger partial charge in [0.25, 0.3) is 0 Å². The zero-order chi connectivity index (χ0) is 15.5. The van der Waals surface area contributed by atoms with Gasteiger partial charge in [0.2, 0.25) is 0 Å². The highest BCUT2D eigenvalue weighted by molar-refractivity contribution is 7.99. The number of hydrogen-bond acceptors (Lipinski definition) is 4. The Bertz CT molecular complexity index is 659. The molecule has 0 aliphatic rings. The zero-order valence-corrected chi connectivity index (χ0v) is 11.9. The highest BCUT2D eigenvalue weighted by Crippen LogP contribution is 2.35. The van der Waals surface area contributed by atoms with E-state index < -0.39 is 11.7 Å². The number of halogens is 4. The van der Waals surface area contributed by atoms with Gasteiger partial charge in [0, 0.05) is 21.0 Å². The van der Waals surface area contributed by atoms with Crippen LogP contribution in [-0.2, 0) is 6.18 Å². The highest BCUT2D eigenvalue weighted by Gasteiger charge is 2.31. The van der Waals surface area contributed by atoms with Crippen molar-refractivity contribution in [3.63, 3.8) is 0 Å². The van der Waals surface area contributed by atoms with Crippen molar-refractivity contribution in [2.45, 2.75) is 16.0 Å². The molecule has 0 atom stereocenters. The molecule has 0 saturated carbocycles.